The zero-order valence-corrected chi connectivity index (χ0v) is 33.6. The van der Waals surface area contributed by atoms with Crippen molar-refractivity contribution in [2.45, 2.75) is 170 Å². The van der Waals surface area contributed by atoms with Crippen molar-refractivity contribution in [1.29, 1.82) is 0 Å². The molecule has 44 heavy (non-hydrogen) atoms. The molecule has 2 aliphatic heterocycles. The van der Waals surface area contributed by atoms with Gasteiger partial charge in [0.05, 0.1) is 34.0 Å². The summed E-state index contributed by atoms with van der Waals surface area (Å²) in [6, 6.07) is 0. The van der Waals surface area contributed by atoms with Crippen LogP contribution in [0.5, 0.6) is 0 Å². The Morgan fingerprint density at radius 2 is 0.795 bits per heavy atom. The van der Waals surface area contributed by atoms with Crippen LogP contribution in [0, 0.1) is 14.9 Å². The van der Waals surface area contributed by atoms with E-state index in [-0.39, 0.29) is 67.2 Å². The first-order chi connectivity index (χ1) is 18.8. The van der Waals surface area contributed by atoms with Crippen LogP contribution in [-0.4, -0.2) is 52.4 Å². The van der Waals surface area contributed by atoms with Crippen molar-refractivity contribution in [3.63, 3.8) is 0 Å². The molecule has 4 atom stereocenters. The monoisotopic (exact) mass is 816 g/mol. The van der Waals surface area contributed by atoms with Crippen LogP contribution in [-0.2, 0) is 46.7 Å². The average molecular weight is 817 g/mol. The Hall–Kier alpha value is 1.18. The summed E-state index contributed by atoms with van der Waals surface area (Å²) in [5.74, 6) is 0. The van der Waals surface area contributed by atoms with Crippen LogP contribution in [0.25, 0.3) is 0 Å². The van der Waals surface area contributed by atoms with Gasteiger partial charge in [-0.3, -0.25) is 0 Å². The van der Waals surface area contributed by atoms with Gasteiger partial charge in [-0.1, -0.05) is 24.3 Å². The van der Waals surface area contributed by atoms with Gasteiger partial charge in [0, 0.05) is 32.9 Å². The third kappa shape index (κ3) is 17.5. The Labute approximate surface area is 296 Å². The largest absolute Gasteiger partial charge is 2.00 e. The Kier molecular flexibility index (Phi) is 28.4. The molecule has 2 saturated carbocycles. The molecule has 11 heteroatoms. The van der Waals surface area contributed by atoms with E-state index in [0.717, 1.165) is 22.6 Å². The molecule has 0 spiro atoms. The maximum Gasteiger partial charge on any atom is 2.00 e. The van der Waals surface area contributed by atoms with Gasteiger partial charge in [0.2, 0.25) is 0 Å². The normalized spacial score (nSPS) is 29.2. The molecule has 0 N–H and O–H groups in total. The van der Waals surface area contributed by atoms with Gasteiger partial charge in [-0.2, -0.15) is 13.2 Å². The molecule has 4 fully saturated rings. The first-order valence-electron chi connectivity index (χ1n) is 15.9. The van der Waals surface area contributed by atoms with E-state index in [9.17, 15) is 13.2 Å². The molecule has 3 aliphatic carbocycles. The minimum Gasteiger partial charge on any atom is -0.741 e. The standard InChI is InChI=1S/2C11H21P.C8H12.CHF3O3S.2CH3.Fe.Rh/c2*1-9-7-8-10(2)12(9)11-5-3-4-6-11;1-2-4-6-8-7-5-3-1;2-1(3,4)8(5,6)7;;;;/h2*9-11H,3-8H2,1-2H3;1-2,7-8H,3-6H2;(H,5,6,7);2*1H3;;/q;;;;2*-1;;+2/p+1/b;;2-1-,8-7-;;;;;/t2*9-,10-;;;;;;/m11....../s1. The van der Waals surface area contributed by atoms with Crippen molar-refractivity contribution in [2.75, 3.05) is 0 Å². The molecule has 1 radical (unpaired) electrons. The number of halogens is 3. The molecule has 5 rings (SSSR count). The van der Waals surface area contributed by atoms with E-state index >= 15 is 0 Å². The second kappa shape index (κ2) is 25.2. The molecular formula is C33H62F3FeO3P2RhS+. The fourth-order valence-electron chi connectivity index (χ4n) is 7.62. The van der Waals surface area contributed by atoms with Crippen molar-refractivity contribution < 1.29 is 62.7 Å². The van der Waals surface area contributed by atoms with E-state index in [1.165, 1.54) is 62.7 Å². The third-order valence-electron chi connectivity index (χ3n) is 9.61. The van der Waals surface area contributed by atoms with Gasteiger partial charge in [0.1, 0.15) is 0 Å². The second-order valence-corrected chi connectivity index (χ2v) is 21.7. The summed E-state index contributed by atoms with van der Waals surface area (Å²) in [5, 5.41) is 0. The van der Waals surface area contributed by atoms with E-state index in [2.05, 4.69) is 52.0 Å². The maximum absolute atomic E-state index is 10.7. The molecule has 0 aromatic carbocycles. The quantitative estimate of drug-likeness (QED) is 0.0697. The predicted molar refractivity (Wildman–Crippen MR) is 183 cm³/mol. The molecule has 0 unspecified atom stereocenters. The van der Waals surface area contributed by atoms with Crippen LogP contribution >= 0.6 is 15.8 Å². The van der Waals surface area contributed by atoms with E-state index in [1.54, 1.807) is 51.4 Å². The number of alkyl halides is 3. The van der Waals surface area contributed by atoms with Gasteiger partial charge in [-0.05, 0) is 130 Å². The van der Waals surface area contributed by atoms with Crippen molar-refractivity contribution in [2.24, 2.45) is 0 Å². The van der Waals surface area contributed by atoms with E-state index in [0.29, 0.717) is 0 Å². The van der Waals surface area contributed by atoms with Crippen molar-refractivity contribution in [3.05, 3.63) is 39.2 Å². The molecule has 2 saturated heterocycles. The van der Waals surface area contributed by atoms with Crippen molar-refractivity contribution >= 4 is 26.0 Å². The van der Waals surface area contributed by atoms with Crippen LogP contribution in [0.4, 0.5) is 13.2 Å². The summed E-state index contributed by atoms with van der Waals surface area (Å²) in [7, 11) is -5.98. The number of hydrogen-bond acceptors (Lipinski definition) is 3. The van der Waals surface area contributed by atoms with Crippen LogP contribution in [0.15, 0.2) is 24.3 Å². The first kappa shape index (κ1) is 49.6. The Morgan fingerprint density at radius 1 is 0.591 bits per heavy atom. The number of rotatable bonds is 2. The molecule has 0 bridgehead atoms. The SMILES string of the molecule is C1=C\CC/C=C\CC/1.C[C@@H]1CC[C@@H](C)[PH+]1C1CCCC1.C[C@@H]1CC[C@@H](C)[PH+]1C1CCCC1.O=S(=O)([O-])C(F)(F)F.[CH3-].[CH3-].[Fe].[Rh+2]. The van der Waals surface area contributed by atoms with Crippen LogP contribution < -0.4 is 0 Å². The smallest absolute Gasteiger partial charge is 0.741 e. The van der Waals surface area contributed by atoms with Crippen LogP contribution in [0.1, 0.15) is 130 Å². The average Bonchev–Trinajstić information content (AvgIpc) is 3.64. The molecule has 3 nitrogen and oxygen atoms in total. The van der Waals surface area contributed by atoms with Gasteiger partial charge in [-0.15, -0.1) is 0 Å². The summed E-state index contributed by atoms with van der Waals surface area (Å²) >= 11 is 0. The van der Waals surface area contributed by atoms with Gasteiger partial charge in [-0.25, -0.2) is 8.42 Å². The molecule has 0 aromatic rings. The third-order valence-corrected chi connectivity index (χ3v) is 18.9. The van der Waals surface area contributed by atoms with Gasteiger partial charge < -0.3 is 19.4 Å². The Balaban J connectivity index is -0.000000504. The molecule has 0 amide bonds. The summed E-state index contributed by atoms with van der Waals surface area (Å²) in [4.78, 5) is 0. The fourth-order valence-corrected chi connectivity index (χ4v) is 16.9. The van der Waals surface area contributed by atoms with Gasteiger partial charge >= 0.3 is 25.0 Å². The topological polar surface area (TPSA) is 57.2 Å². The first-order valence-corrected chi connectivity index (χ1v) is 20.8. The van der Waals surface area contributed by atoms with Crippen LogP contribution in [0.3, 0.4) is 0 Å². The number of hydrogen-bond donors (Lipinski definition) is 0. The fraction of sp³-hybridized carbons (Fsp3) is 0.818. The second-order valence-electron chi connectivity index (χ2n) is 12.7. The molecular weight excluding hydrogens is 754 g/mol. The number of allylic oxidation sites excluding steroid dienone is 4. The summed E-state index contributed by atoms with van der Waals surface area (Å²) in [6.45, 7) is 10.1. The Morgan fingerprint density at radius 3 is 0.977 bits per heavy atom. The van der Waals surface area contributed by atoms with Gasteiger partial charge in [0.25, 0.3) is 0 Å². The zero-order chi connectivity index (χ0) is 29.8. The molecule has 2 heterocycles. The minimum atomic E-state index is -6.09. The van der Waals surface area contributed by atoms with Gasteiger partial charge in [0.15, 0.2) is 10.1 Å². The van der Waals surface area contributed by atoms with Crippen molar-refractivity contribution in [3.8, 4) is 0 Å². The van der Waals surface area contributed by atoms with E-state index < -0.39 is 15.6 Å². The molecule has 265 valence electrons. The van der Waals surface area contributed by atoms with Crippen LogP contribution in [0.2, 0.25) is 0 Å². The molecule has 0 aromatic heterocycles. The zero-order valence-electron chi connectivity index (χ0n) is 28.0. The van der Waals surface area contributed by atoms with E-state index in [4.69, 9.17) is 13.0 Å². The summed E-state index contributed by atoms with van der Waals surface area (Å²) < 4.78 is 58.9. The Bertz CT molecular complexity index is 798. The summed E-state index contributed by atoms with van der Waals surface area (Å²) in [5.41, 5.74) is 1.31. The predicted octanol–water partition coefficient (Wildman–Crippen LogP) is 11.0. The van der Waals surface area contributed by atoms with Crippen molar-refractivity contribution in [1.82, 2.24) is 0 Å². The minimum absolute atomic E-state index is 0. The molecule has 5 aliphatic rings. The summed E-state index contributed by atoms with van der Waals surface area (Å²) in [6.07, 6.45) is 32.7. The maximum atomic E-state index is 10.7. The van der Waals surface area contributed by atoms with E-state index in [1.807, 2.05) is 0 Å².